The Kier molecular flexibility index (Phi) is 6.62. The van der Waals surface area contributed by atoms with Crippen LogP contribution in [-0.4, -0.2) is 25.0 Å². The topological polar surface area (TPSA) is 54.9 Å². The summed E-state index contributed by atoms with van der Waals surface area (Å²) in [6.45, 7) is 1.72. The number of nitrogens with one attached hydrogen (secondary N) is 2. The van der Waals surface area contributed by atoms with Crippen molar-refractivity contribution in [1.82, 2.24) is 5.43 Å². The molecular weight excluding hydrogens is 379 g/mol. The van der Waals surface area contributed by atoms with E-state index in [1.165, 1.54) is 32.4 Å². The van der Waals surface area contributed by atoms with Gasteiger partial charge in [-0.3, -0.25) is 5.43 Å². The van der Waals surface area contributed by atoms with Gasteiger partial charge < -0.3 is 14.8 Å². The molecule has 0 amide bonds. The maximum Gasteiger partial charge on any atom is 0.418 e. The maximum absolute atomic E-state index is 13.0. The molecule has 2 rings (SSSR count). The van der Waals surface area contributed by atoms with Gasteiger partial charge in [0.2, 0.25) is 0 Å². The van der Waals surface area contributed by atoms with Crippen LogP contribution in [0.1, 0.15) is 18.1 Å². The standard InChI is InChI=1S/C18H18F3N3O2S/c1-11(12-8-9-15(25-2)16(10-12)26-3)23-24-17(27)22-14-7-5-4-6-13(14)18(19,20)21/h4-10H,1-3H3,(H2,22,24,27)/b23-11-. The van der Waals surface area contributed by atoms with Crippen LogP contribution in [0.15, 0.2) is 47.6 Å². The molecule has 0 spiro atoms. The Hall–Kier alpha value is -2.81. The van der Waals surface area contributed by atoms with Crippen LogP contribution in [0, 0.1) is 0 Å². The lowest BCUT2D eigenvalue weighted by molar-refractivity contribution is -0.136. The molecule has 0 saturated heterocycles. The van der Waals surface area contributed by atoms with Crippen molar-refractivity contribution in [2.45, 2.75) is 13.1 Å². The highest BCUT2D eigenvalue weighted by Crippen LogP contribution is 2.34. The molecular formula is C18H18F3N3O2S. The van der Waals surface area contributed by atoms with Gasteiger partial charge in [-0.15, -0.1) is 0 Å². The Morgan fingerprint density at radius 3 is 2.33 bits per heavy atom. The van der Waals surface area contributed by atoms with E-state index < -0.39 is 11.7 Å². The van der Waals surface area contributed by atoms with Crippen LogP contribution >= 0.6 is 12.2 Å². The van der Waals surface area contributed by atoms with Gasteiger partial charge in [0.05, 0.1) is 31.2 Å². The number of rotatable bonds is 5. The smallest absolute Gasteiger partial charge is 0.418 e. The molecule has 0 saturated carbocycles. The molecule has 0 heterocycles. The normalized spacial score (nSPS) is 11.7. The van der Waals surface area contributed by atoms with Crippen molar-refractivity contribution >= 4 is 28.7 Å². The lowest BCUT2D eigenvalue weighted by Crippen LogP contribution is -2.26. The second kappa shape index (κ2) is 8.72. The van der Waals surface area contributed by atoms with Crippen LogP contribution in [0.5, 0.6) is 11.5 Å². The minimum absolute atomic E-state index is 0.0634. The number of hydrogen-bond acceptors (Lipinski definition) is 4. The van der Waals surface area contributed by atoms with Crippen LogP contribution in [0.4, 0.5) is 18.9 Å². The van der Waals surface area contributed by atoms with Crippen LogP contribution in [0.25, 0.3) is 0 Å². The third kappa shape index (κ3) is 5.33. The van der Waals surface area contributed by atoms with E-state index in [0.29, 0.717) is 17.2 Å². The molecule has 0 atom stereocenters. The SMILES string of the molecule is COc1ccc(/C(C)=N\NC(=S)Nc2ccccc2C(F)(F)F)cc1OC. The van der Waals surface area contributed by atoms with E-state index in [1.54, 1.807) is 25.1 Å². The first kappa shape index (κ1) is 20.5. The molecule has 0 radical (unpaired) electrons. The molecule has 2 aromatic rings. The number of methoxy groups -OCH3 is 2. The van der Waals surface area contributed by atoms with Gasteiger partial charge in [0.15, 0.2) is 16.6 Å². The monoisotopic (exact) mass is 397 g/mol. The van der Waals surface area contributed by atoms with E-state index in [1.807, 2.05) is 0 Å². The van der Waals surface area contributed by atoms with Gasteiger partial charge >= 0.3 is 6.18 Å². The summed E-state index contributed by atoms with van der Waals surface area (Å²) in [5.74, 6) is 1.10. The molecule has 0 fully saturated rings. The van der Waals surface area contributed by atoms with E-state index in [4.69, 9.17) is 21.7 Å². The van der Waals surface area contributed by atoms with Crippen molar-refractivity contribution in [3.63, 3.8) is 0 Å². The van der Waals surface area contributed by atoms with Gasteiger partial charge in [0.1, 0.15) is 0 Å². The van der Waals surface area contributed by atoms with Crippen LogP contribution in [0.2, 0.25) is 0 Å². The molecule has 5 nitrogen and oxygen atoms in total. The van der Waals surface area contributed by atoms with Gasteiger partial charge in [-0.25, -0.2) is 0 Å². The van der Waals surface area contributed by atoms with Crippen molar-refractivity contribution in [2.24, 2.45) is 5.10 Å². The summed E-state index contributed by atoms with van der Waals surface area (Å²) < 4.78 is 49.4. The predicted molar refractivity (Wildman–Crippen MR) is 103 cm³/mol. The first-order valence-corrected chi connectivity index (χ1v) is 8.17. The molecule has 0 aliphatic carbocycles. The van der Waals surface area contributed by atoms with Gasteiger partial charge in [-0.1, -0.05) is 12.1 Å². The third-order valence-electron chi connectivity index (χ3n) is 3.61. The number of alkyl halides is 3. The first-order valence-electron chi connectivity index (χ1n) is 7.76. The molecule has 2 N–H and O–H groups in total. The Labute approximate surface area is 160 Å². The zero-order valence-electron chi connectivity index (χ0n) is 14.8. The molecule has 144 valence electrons. The van der Waals surface area contributed by atoms with Gasteiger partial charge in [0, 0.05) is 5.56 Å². The van der Waals surface area contributed by atoms with Crippen molar-refractivity contribution in [1.29, 1.82) is 0 Å². The fourth-order valence-electron chi connectivity index (χ4n) is 2.25. The fourth-order valence-corrected chi connectivity index (χ4v) is 2.41. The number of nitrogens with zero attached hydrogens (tertiary/aromatic N) is 1. The van der Waals surface area contributed by atoms with Crippen LogP contribution in [-0.2, 0) is 6.18 Å². The highest BCUT2D eigenvalue weighted by atomic mass is 32.1. The van der Waals surface area contributed by atoms with E-state index in [2.05, 4.69) is 15.8 Å². The fraction of sp³-hybridized carbons (Fsp3) is 0.222. The van der Waals surface area contributed by atoms with Crippen molar-refractivity contribution in [2.75, 3.05) is 19.5 Å². The van der Waals surface area contributed by atoms with Crippen molar-refractivity contribution < 1.29 is 22.6 Å². The Balaban J connectivity index is 2.11. The highest BCUT2D eigenvalue weighted by Gasteiger charge is 2.33. The number of halogens is 3. The third-order valence-corrected chi connectivity index (χ3v) is 3.80. The van der Waals surface area contributed by atoms with E-state index in [9.17, 15) is 13.2 Å². The highest BCUT2D eigenvalue weighted by molar-refractivity contribution is 7.80. The van der Waals surface area contributed by atoms with Crippen molar-refractivity contribution in [3.05, 3.63) is 53.6 Å². The summed E-state index contributed by atoms with van der Waals surface area (Å²) in [7, 11) is 3.05. The summed E-state index contributed by atoms with van der Waals surface area (Å²) in [4.78, 5) is 0. The summed E-state index contributed by atoms with van der Waals surface area (Å²) in [5, 5.41) is 6.55. The maximum atomic E-state index is 13.0. The number of ether oxygens (including phenoxy) is 2. The lowest BCUT2D eigenvalue weighted by Gasteiger charge is -2.14. The molecule has 0 aromatic heterocycles. The summed E-state index contributed by atoms with van der Waals surface area (Å²) >= 11 is 5.03. The van der Waals surface area contributed by atoms with Crippen LogP contribution in [0.3, 0.4) is 0 Å². The molecule has 9 heteroatoms. The summed E-state index contributed by atoms with van der Waals surface area (Å²) in [5.41, 5.74) is 2.88. The molecule has 0 unspecified atom stereocenters. The molecule has 0 bridgehead atoms. The Bertz CT molecular complexity index is 854. The summed E-state index contributed by atoms with van der Waals surface area (Å²) in [6, 6.07) is 10.3. The predicted octanol–water partition coefficient (Wildman–Crippen LogP) is 4.43. The average Bonchev–Trinajstić information content (AvgIpc) is 2.65. The quantitative estimate of drug-likeness (QED) is 0.444. The van der Waals surface area contributed by atoms with Crippen molar-refractivity contribution in [3.8, 4) is 11.5 Å². The lowest BCUT2D eigenvalue weighted by atomic mass is 10.1. The second-order valence-electron chi connectivity index (χ2n) is 5.38. The zero-order valence-corrected chi connectivity index (χ0v) is 15.7. The minimum Gasteiger partial charge on any atom is -0.493 e. The van der Waals surface area contributed by atoms with E-state index in [-0.39, 0.29) is 10.8 Å². The summed E-state index contributed by atoms with van der Waals surface area (Å²) in [6.07, 6.45) is -4.49. The Morgan fingerprint density at radius 1 is 1.04 bits per heavy atom. The van der Waals surface area contributed by atoms with E-state index >= 15 is 0 Å². The number of benzene rings is 2. The molecule has 0 aliphatic heterocycles. The number of para-hydroxylation sites is 1. The van der Waals surface area contributed by atoms with E-state index in [0.717, 1.165) is 11.6 Å². The van der Waals surface area contributed by atoms with Crippen LogP contribution < -0.4 is 20.2 Å². The Morgan fingerprint density at radius 2 is 1.70 bits per heavy atom. The number of anilines is 1. The largest absolute Gasteiger partial charge is 0.493 e. The number of hydrogen-bond donors (Lipinski definition) is 2. The molecule has 27 heavy (non-hydrogen) atoms. The van der Waals surface area contributed by atoms with Gasteiger partial charge in [0.25, 0.3) is 0 Å². The zero-order chi connectivity index (χ0) is 20.0. The molecule has 2 aromatic carbocycles. The van der Waals surface area contributed by atoms with Gasteiger partial charge in [-0.05, 0) is 49.5 Å². The van der Waals surface area contributed by atoms with Gasteiger partial charge in [-0.2, -0.15) is 18.3 Å². The first-order chi connectivity index (χ1) is 12.8. The number of thiocarbonyl (C=S) groups is 1. The number of hydrazone groups is 1. The second-order valence-corrected chi connectivity index (χ2v) is 5.78. The molecule has 0 aliphatic rings. The minimum atomic E-state index is -4.49. The average molecular weight is 397 g/mol.